The third-order valence-electron chi connectivity index (χ3n) is 6.44. The second-order valence-electron chi connectivity index (χ2n) is 9.14. The van der Waals surface area contributed by atoms with Gasteiger partial charge >= 0.3 is 0 Å². The second-order valence-corrected chi connectivity index (χ2v) is 9.14. The lowest BCUT2D eigenvalue weighted by Crippen LogP contribution is -2.29. The van der Waals surface area contributed by atoms with E-state index < -0.39 is 23.5 Å². The molecule has 1 amide bonds. The zero-order valence-corrected chi connectivity index (χ0v) is 20.7. The van der Waals surface area contributed by atoms with E-state index in [9.17, 15) is 19.1 Å². The normalized spacial score (nSPS) is 16.6. The minimum absolute atomic E-state index is 0.0518. The van der Waals surface area contributed by atoms with Gasteiger partial charge in [-0.25, -0.2) is 4.39 Å². The molecule has 1 unspecified atom stereocenters. The van der Waals surface area contributed by atoms with E-state index in [1.165, 1.54) is 29.2 Å². The highest BCUT2D eigenvalue weighted by Crippen LogP contribution is 2.40. The lowest BCUT2D eigenvalue weighted by Gasteiger charge is -2.25. The number of ketones is 1. The predicted molar refractivity (Wildman–Crippen MR) is 140 cm³/mol. The lowest BCUT2D eigenvalue weighted by atomic mass is 9.95. The molecule has 1 atom stereocenters. The maximum atomic E-state index is 13.7. The number of aryl methyl sites for hydroxylation is 1. The zero-order chi connectivity index (χ0) is 26.6. The minimum atomic E-state index is -0.888. The fraction of sp³-hybridized carbons (Fsp3) is 0.129. The van der Waals surface area contributed by atoms with Gasteiger partial charge in [0.15, 0.2) is 0 Å². The number of Topliss-reactive ketones (excluding diaryl/α,β-unsaturated/α-hetero) is 1. The van der Waals surface area contributed by atoms with Gasteiger partial charge in [-0.2, -0.15) is 0 Å². The van der Waals surface area contributed by atoms with E-state index in [1.807, 2.05) is 31.2 Å². The van der Waals surface area contributed by atoms with Gasteiger partial charge in [0, 0.05) is 24.5 Å². The molecular formula is C31H25FN2O4. The Bertz CT molecular complexity index is 1500. The van der Waals surface area contributed by atoms with E-state index >= 15 is 0 Å². The number of likely N-dealkylation sites (tertiary alicyclic amines) is 1. The fourth-order valence-corrected chi connectivity index (χ4v) is 4.55. The summed E-state index contributed by atoms with van der Waals surface area (Å²) in [5.41, 5.74) is 3.77. The smallest absolute Gasteiger partial charge is 0.295 e. The molecule has 7 heteroatoms. The summed E-state index contributed by atoms with van der Waals surface area (Å²) in [6, 6.07) is 22.8. The number of benzene rings is 3. The van der Waals surface area contributed by atoms with Crippen molar-refractivity contribution in [3.05, 3.63) is 137 Å². The molecule has 0 aliphatic carbocycles. The van der Waals surface area contributed by atoms with E-state index in [0.717, 1.165) is 16.7 Å². The monoisotopic (exact) mass is 508 g/mol. The third-order valence-corrected chi connectivity index (χ3v) is 6.44. The van der Waals surface area contributed by atoms with Crippen LogP contribution in [-0.2, 0) is 22.7 Å². The Hall–Kier alpha value is -4.78. The summed E-state index contributed by atoms with van der Waals surface area (Å²) >= 11 is 0. The molecule has 5 rings (SSSR count). The van der Waals surface area contributed by atoms with Gasteiger partial charge in [0.25, 0.3) is 11.7 Å². The van der Waals surface area contributed by atoms with E-state index in [1.54, 1.807) is 48.8 Å². The van der Waals surface area contributed by atoms with Crippen molar-refractivity contribution in [3.8, 4) is 5.75 Å². The van der Waals surface area contributed by atoms with Crippen molar-refractivity contribution in [2.45, 2.75) is 26.1 Å². The molecule has 1 saturated heterocycles. The van der Waals surface area contributed by atoms with Gasteiger partial charge in [-0.05, 0) is 72.1 Å². The van der Waals surface area contributed by atoms with E-state index in [-0.39, 0.29) is 17.9 Å². The number of amides is 1. The molecule has 4 aromatic rings. The van der Waals surface area contributed by atoms with Crippen LogP contribution >= 0.6 is 0 Å². The first-order chi connectivity index (χ1) is 18.4. The van der Waals surface area contributed by atoms with Crippen molar-refractivity contribution < 1.29 is 23.8 Å². The number of aliphatic hydroxyl groups is 1. The highest BCUT2D eigenvalue weighted by molar-refractivity contribution is 6.46. The highest BCUT2D eigenvalue weighted by Gasteiger charge is 2.46. The standard InChI is InChI=1S/C31H25FN2O4/c1-20-3-2-4-22(17-20)19-38-26-11-7-24(8-12-26)29(35)27-28(23-5-9-25(32)10-6-23)34(31(37)30(27)36)18-21-13-15-33-16-14-21/h2-17,28,35H,18-19H2,1H3/b29-27+. The number of carbonyl (C=O) groups excluding carboxylic acids is 2. The van der Waals surface area contributed by atoms with Crippen LogP contribution < -0.4 is 4.74 Å². The van der Waals surface area contributed by atoms with Gasteiger partial charge in [0.2, 0.25) is 0 Å². The van der Waals surface area contributed by atoms with Crippen LogP contribution in [0.3, 0.4) is 0 Å². The number of aromatic nitrogens is 1. The maximum absolute atomic E-state index is 13.7. The van der Waals surface area contributed by atoms with Gasteiger partial charge < -0.3 is 14.7 Å². The summed E-state index contributed by atoms with van der Waals surface area (Å²) in [5, 5.41) is 11.3. The van der Waals surface area contributed by atoms with Crippen LogP contribution in [0, 0.1) is 12.7 Å². The number of ether oxygens (including phenoxy) is 1. The van der Waals surface area contributed by atoms with Gasteiger partial charge in [0.05, 0.1) is 11.6 Å². The zero-order valence-electron chi connectivity index (χ0n) is 20.7. The molecule has 0 spiro atoms. The Morgan fingerprint density at radius 1 is 0.947 bits per heavy atom. The quantitative estimate of drug-likeness (QED) is 0.196. The molecular weight excluding hydrogens is 483 g/mol. The molecule has 38 heavy (non-hydrogen) atoms. The van der Waals surface area contributed by atoms with Gasteiger partial charge in [0.1, 0.15) is 23.9 Å². The van der Waals surface area contributed by atoms with Crippen LogP contribution in [0.2, 0.25) is 0 Å². The number of nitrogens with zero attached hydrogens (tertiary/aromatic N) is 2. The van der Waals surface area contributed by atoms with Crippen LogP contribution in [0.1, 0.15) is 33.9 Å². The molecule has 1 aliphatic rings. The van der Waals surface area contributed by atoms with E-state index in [0.29, 0.717) is 23.5 Å². The fourth-order valence-electron chi connectivity index (χ4n) is 4.55. The van der Waals surface area contributed by atoms with Gasteiger partial charge in [-0.15, -0.1) is 0 Å². The predicted octanol–water partition coefficient (Wildman–Crippen LogP) is 5.73. The second kappa shape index (κ2) is 10.7. The molecule has 1 aliphatic heterocycles. The Labute approximate surface area is 219 Å². The Balaban J connectivity index is 1.47. The number of pyridine rings is 1. The number of halogens is 1. The Morgan fingerprint density at radius 2 is 1.66 bits per heavy atom. The first-order valence-electron chi connectivity index (χ1n) is 12.1. The lowest BCUT2D eigenvalue weighted by molar-refractivity contribution is -0.140. The van der Waals surface area contributed by atoms with Crippen molar-refractivity contribution >= 4 is 17.4 Å². The summed E-state index contributed by atoms with van der Waals surface area (Å²) in [6.45, 7) is 2.52. The molecule has 1 N–H and O–H groups in total. The van der Waals surface area contributed by atoms with Crippen LogP contribution in [0.25, 0.3) is 5.76 Å². The Morgan fingerprint density at radius 3 is 2.34 bits per heavy atom. The van der Waals surface area contributed by atoms with Crippen molar-refractivity contribution in [1.29, 1.82) is 0 Å². The summed E-state index contributed by atoms with van der Waals surface area (Å²) in [4.78, 5) is 31.7. The molecule has 3 aromatic carbocycles. The van der Waals surface area contributed by atoms with Crippen LogP contribution in [0.15, 0.2) is 103 Å². The summed E-state index contributed by atoms with van der Waals surface area (Å²) in [7, 11) is 0. The SMILES string of the molecule is Cc1cccc(COc2ccc(/C(O)=C3\C(=O)C(=O)N(Cc4ccncc4)C3c3ccc(F)cc3)cc2)c1. The van der Waals surface area contributed by atoms with Crippen molar-refractivity contribution in [2.75, 3.05) is 0 Å². The first kappa shape index (κ1) is 24.9. The molecule has 6 nitrogen and oxygen atoms in total. The third kappa shape index (κ3) is 5.18. The largest absolute Gasteiger partial charge is 0.507 e. The summed E-state index contributed by atoms with van der Waals surface area (Å²) in [6.07, 6.45) is 3.20. The number of hydrogen-bond donors (Lipinski definition) is 1. The summed E-state index contributed by atoms with van der Waals surface area (Å²) < 4.78 is 19.6. The highest BCUT2D eigenvalue weighted by atomic mass is 19.1. The molecule has 0 radical (unpaired) electrons. The number of aliphatic hydroxyl groups excluding tert-OH is 1. The molecule has 1 aromatic heterocycles. The van der Waals surface area contributed by atoms with Crippen LogP contribution in [-0.4, -0.2) is 26.7 Å². The van der Waals surface area contributed by atoms with E-state index in [4.69, 9.17) is 4.74 Å². The van der Waals surface area contributed by atoms with Crippen molar-refractivity contribution in [1.82, 2.24) is 9.88 Å². The average Bonchev–Trinajstić information content (AvgIpc) is 3.18. The van der Waals surface area contributed by atoms with Crippen LogP contribution in [0.5, 0.6) is 5.75 Å². The number of carbonyl (C=O) groups is 2. The molecule has 2 heterocycles. The maximum Gasteiger partial charge on any atom is 0.295 e. The van der Waals surface area contributed by atoms with Crippen LogP contribution in [0.4, 0.5) is 4.39 Å². The topological polar surface area (TPSA) is 79.7 Å². The van der Waals surface area contributed by atoms with Crippen molar-refractivity contribution in [2.24, 2.45) is 0 Å². The van der Waals surface area contributed by atoms with Gasteiger partial charge in [-0.3, -0.25) is 14.6 Å². The first-order valence-corrected chi connectivity index (χ1v) is 12.1. The molecule has 0 bridgehead atoms. The van der Waals surface area contributed by atoms with Crippen molar-refractivity contribution in [3.63, 3.8) is 0 Å². The summed E-state index contributed by atoms with van der Waals surface area (Å²) in [5.74, 6) is -1.70. The molecule has 0 saturated carbocycles. The van der Waals surface area contributed by atoms with Gasteiger partial charge in [-0.1, -0.05) is 42.0 Å². The molecule has 1 fully saturated rings. The number of rotatable bonds is 7. The number of hydrogen-bond acceptors (Lipinski definition) is 5. The average molecular weight is 509 g/mol. The van der Waals surface area contributed by atoms with E-state index in [2.05, 4.69) is 4.98 Å². The molecule has 190 valence electrons. The minimum Gasteiger partial charge on any atom is -0.507 e. The Kier molecular flexibility index (Phi) is 7.00.